The molecule has 0 radical (unpaired) electrons. The smallest absolute Gasteiger partial charge is 0.00271 e. The minimum Gasteiger partial charge on any atom is -0.107 e. The Hall–Kier alpha value is -0.440. The molecule has 0 amide bonds. The van der Waals surface area contributed by atoms with Crippen molar-refractivity contribution in [2.45, 2.75) is 61.8 Å². The molecule has 0 aliphatic rings. The molecular formula is C11H26. The van der Waals surface area contributed by atoms with Gasteiger partial charge in [-0.2, -0.15) is 0 Å². The van der Waals surface area contributed by atoms with E-state index in [9.17, 15) is 0 Å². The second-order valence-electron chi connectivity index (χ2n) is 1.21. The van der Waals surface area contributed by atoms with Crippen LogP contribution in [0.2, 0.25) is 0 Å². The molecule has 0 aliphatic heterocycles. The van der Waals surface area contributed by atoms with Gasteiger partial charge in [-0.15, -0.1) is 11.8 Å². The highest BCUT2D eigenvalue weighted by molar-refractivity contribution is 4.89. The lowest BCUT2D eigenvalue weighted by Gasteiger charge is -1.48. The summed E-state index contributed by atoms with van der Waals surface area (Å²) >= 11 is 0. The van der Waals surface area contributed by atoms with E-state index in [2.05, 4.69) is 25.7 Å². The molecule has 11 heavy (non-hydrogen) atoms. The van der Waals surface area contributed by atoms with Crippen LogP contribution in [0.15, 0.2) is 0 Å². The van der Waals surface area contributed by atoms with Gasteiger partial charge in [0, 0.05) is 0 Å². The van der Waals surface area contributed by atoms with Gasteiger partial charge in [0.05, 0.1) is 0 Å². The zero-order valence-corrected chi connectivity index (χ0v) is 9.71. The molecule has 0 aromatic carbocycles. The number of hydrogen-bond donors (Lipinski definition) is 0. The van der Waals surface area contributed by atoms with Crippen LogP contribution in [0.25, 0.3) is 0 Å². The summed E-state index contributed by atoms with van der Waals surface area (Å²) in [5, 5.41) is 0. The third-order valence-corrected chi connectivity index (χ3v) is 0.250. The minimum absolute atomic E-state index is 1.25. The van der Waals surface area contributed by atoms with Crippen LogP contribution < -0.4 is 0 Å². The Labute approximate surface area is 74.4 Å². The summed E-state index contributed by atoms with van der Waals surface area (Å²) in [6.07, 6.45) is 1.25. The molecule has 0 atom stereocenters. The minimum atomic E-state index is 1.25. The van der Waals surface area contributed by atoms with Crippen LogP contribution in [0.5, 0.6) is 0 Å². The van der Waals surface area contributed by atoms with Gasteiger partial charge in [0.2, 0.25) is 0 Å². The first-order chi connectivity index (χ1) is 5.33. The first kappa shape index (κ1) is 22.4. The molecule has 0 spiro atoms. The number of rotatable bonds is 0. The van der Waals surface area contributed by atoms with Crippen molar-refractivity contribution in [2.75, 3.05) is 0 Å². The van der Waals surface area contributed by atoms with Crippen LogP contribution in [0, 0.1) is 11.8 Å². The molecule has 0 unspecified atom stereocenters. The molecule has 70 valence electrons. The van der Waals surface area contributed by atoms with Crippen molar-refractivity contribution in [3.05, 3.63) is 0 Å². The summed E-state index contributed by atoms with van der Waals surface area (Å²) in [5.41, 5.74) is 0. The lowest BCUT2D eigenvalue weighted by Crippen LogP contribution is -1.28. The van der Waals surface area contributed by atoms with Crippen molar-refractivity contribution in [3.63, 3.8) is 0 Å². The summed E-state index contributed by atoms with van der Waals surface area (Å²) in [6, 6.07) is 0. The van der Waals surface area contributed by atoms with Crippen LogP contribution in [0.4, 0.5) is 0 Å². The van der Waals surface area contributed by atoms with E-state index >= 15 is 0 Å². The van der Waals surface area contributed by atoms with Crippen LogP contribution in [-0.2, 0) is 0 Å². The van der Waals surface area contributed by atoms with Gasteiger partial charge in [0.15, 0.2) is 0 Å². The SMILES string of the molecule is CC.CC.CC#CC.CCC. The molecular weight excluding hydrogens is 132 g/mol. The molecule has 0 aromatic heterocycles. The van der Waals surface area contributed by atoms with E-state index in [4.69, 9.17) is 0 Å². The quantitative estimate of drug-likeness (QED) is 0.455. The predicted octanol–water partition coefficient (Wildman–Crippen LogP) is 4.50. The van der Waals surface area contributed by atoms with Crippen LogP contribution in [0.3, 0.4) is 0 Å². The Morgan fingerprint density at radius 2 is 0.818 bits per heavy atom. The molecule has 0 saturated carbocycles. The van der Waals surface area contributed by atoms with Crippen LogP contribution in [0.1, 0.15) is 61.8 Å². The highest BCUT2D eigenvalue weighted by Crippen LogP contribution is 1.56. The highest BCUT2D eigenvalue weighted by atomic mass is 13.4. The predicted molar refractivity (Wildman–Crippen MR) is 57.8 cm³/mol. The summed E-state index contributed by atoms with van der Waals surface area (Å²) < 4.78 is 0. The monoisotopic (exact) mass is 158 g/mol. The molecule has 0 rings (SSSR count). The molecule has 0 bridgehead atoms. The topological polar surface area (TPSA) is 0 Å². The average molecular weight is 158 g/mol. The Balaban J connectivity index is -0.0000000315. The maximum atomic E-state index is 2.68. The third-order valence-electron chi connectivity index (χ3n) is 0.250. The lowest BCUT2D eigenvalue weighted by molar-refractivity contribution is 1.09. The van der Waals surface area contributed by atoms with Gasteiger partial charge < -0.3 is 0 Å². The van der Waals surface area contributed by atoms with E-state index < -0.39 is 0 Å². The third kappa shape index (κ3) is 1740. The fourth-order valence-corrected chi connectivity index (χ4v) is 0. The van der Waals surface area contributed by atoms with Gasteiger partial charge in [-0.25, -0.2) is 0 Å². The van der Waals surface area contributed by atoms with Gasteiger partial charge in [-0.3, -0.25) is 0 Å². The van der Waals surface area contributed by atoms with E-state index in [-0.39, 0.29) is 0 Å². The van der Waals surface area contributed by atoms with E-state index in [1.807, 2.05) is 41.5 Å². The average Bonchev–Trinajstić information content (AvgIpc) is 2.12. The van der Waals surface area contributed by atoms with Crippen LogP contribution >= 0.6 is 0 Å². The van der Waals surface area contributed by atoms with Crippen molar-refractivity contribution in [1.29, 1.82) is 0 Å². The van der Waals surface area contributed by atoms with Crippen molar-refractivity contribution < 1.29 is 0 Å². The molecule has 0 aliphatic carbocycles. The second-order valence-corrected chi connectivity index (χ2v) is 1.21. The molecule has 0 fully saturated rings. The highest BCUT2D eigenvalue weighted by Gasteiger charge is 1.35. The fraction of sp³-hybridized carbons (Fsp3) is 0.818. The summed E-state index contributed by atoms with van der Waals surface area (Å²) in [5.74, 6) is 5.36. The normalized spacial score (nSPS) is 4.00. The first-order valence-corrected chi connectivity index (χ1v) is 4.66. The summed E-state index contributed by atoms with van der Waals surface area (Å²) in [6.45, 7) is 15.9. The zero-order chi connectivity index (χ0) is 10.1. The Bertz CT molecular complexity index is 46.2. The molecule has 0 heteroatoms. The van der Waals surface area contributed by atoms with Crippen LogP contribution in [-0.4, -0.2) is 0 Å². The van der Waals surface area contributed by atoms with Crippen molar-refractivity contribution in [1.82, 2.24) is 0 Å². The van der Waals surface area contributed by atoms with E-state index in [0.717, 1.165) is 0 Å². The number of hydrogen-bond acceptors (Lipinski definition) is 0. The maximum absolute atomic E-state index is 2.68. The molecule has 0 N–H and O–H groups in total. The standard InChI is InChI=1S/C4H6.C3H8.2C2H6/c1-3-4-2;1-3-2;2*1-2/h1-2H3;3H2,1-2H3;2*1-2H3. The van der Waals surface area contributed by atoms with Gasteiger partial charge in [-0.1, -0.05) is 48.0 Å². The van der Waals surface area contributed by atoms with Gasteiger partial charge >= 0.3 is 0 Å². The molecule has 0 nitrogen and oxygen atoms in total. The Morgan fingerprint density at radius 1 is 0.727 bits per heavy atom. The zero-order valence-electron chi connectivity index (χ0n) is 9.71. The fourth-order valence-electron chi connectivity index (χ4n) is 0. The van der Waals surface area contributed by atoms with Crippen molar-refractivity contribution in [2.24, 2.45) is 0 Å². The van der Waals surface area contributed by atoms with E-state index in [0.29, 0.717) is 0 Å². The second kappa shape index (κ2) is 107. The van der Waals surface area contributed by atoms with Crippen molar-refractivity contribution in [3.8, 4) is 11.8 Å². The van der Waals surface area contributed by atoms with Gasteiger partial charge in [0.1, 0.15) is 0 Å². The van der Waals surface area contributed by atoms with E-state index in [1.54, 1.807) is 0 Å². The first-order valence-electron chi connectivity index (χ1n) is 4.66. The summed E-state index contributed by atoms with van der Waals surface area (Å²) in [7, 11) is 0. The molecule has 0 saturated heterocycles. The Morgan fingerprint density at radius 3 is 0.818 bits per heavy atom. The molecule has 0 heterocycles. The molecule has 0 aromatic rings. The lowest BCUT2D eigenvalue weighted by atomic mass is 10.6. The van der Waals surface area contributed by atoms with Crippen molar-refractivity contribution >= 4 is 0 Å². The Kier molecular flexibility index (Phi) is 218. The van der Waals surface area contributed by atoms with Gasteiger partial charge in [0.25, 0.3) is 0 Å². The van der Waals surface area contributed by atoms with E-state index in [1.165, 1.54) is 6.42 Å². The summed E-state index contributed by atoms with van der Waals surface area (Å²) in [4.78, 5) is 0. The van der Waals surface area contributed by atoms with Gasteiger partial charge in [-0.05, 0) is 13.8 Å². The largest absolute Gasteiger partial charge is 0.107 e. The maximum Gasteiger partial charge on any atom is -0.00271 e.